The number of amides is 1. The number of carbonyl (C=O) groups is 1. The van der Waals surface area contributed by atoms with Crippen molar-refractivity contribution in [2.75, 3.05) is 0 Å². The summed E-state index contributed by atoms with van der Waals surface area (Å²) in [7, 11) is 0. The number of rotatable bonds is 3. The van der Waals surface area contributed by atoms with E-state index >= 15 is 0 Å². The lowest BCUT2D eigenvalue weighted by atomic mass is 10.1. The summed E-state index contributed by atoms with van der Waals surface area (Å²) in [6.45, 7) is 4.03. The Morgan fingerprint density at radius 2 is 2.19 bits per heavy atom. The zero-order chi connectivity index (χ0) is 11.8. The maximum Gasteiger partial charge on any atom is 0.240 e. The molecule has 86 valence electrons. The molecule has 1 aliphatic rings. The Bertz CT molecular complexity index is 410. The maximum atomic E-state index is 11.8. The average Bonchev–Trinajstić information content (AvgIpc) is 2.98. The number of carbonyl (C=O) groups excluding carboxylic acids is 1. The van der Waals surface area contributed by atoms with Crippen molar-refractivity contribution in [3.63, 3.8) is 0 Å². The second kappa shape index (κ2) is 3.91. The first-order valence-corrected chi connectivity index (χ1v) is 5.68. The zero-order valence-corrected chi connectivity index (χ0v) is 9.79. The van der Waals surface area contributed by atoms with E-state index in [2.05, 4.69) is 11.4 Å². The van der Waals surface area contributed by atoms with Crippen LogP contribution in [0.2, 0.25) is 0 Å². The molecule has 1 fully saturated rings. The lowest BCUT2D eigenvalue weighted by Crippen LogP contribution is -2.43. The molecular formula is C13H18N2O. The van der Waals surface area contributed by atoms with E-state index < -0.39 is 5.54 Å². The molecule has 3 N–H and O–H groups in total. The molecule has 0 radical (unpaired) electrons. The number of nitrogens with two attached hydrogens (primary N) is 1. The quantitative estimate of drug-likeness (QED) is 0.810. The van der Waals surface area contributed by atoms with Gasteiger partial charge in [0.15, 0.2) is 0 Å². The molecule has 0 aromatic heterocycles. The monoisotopic (exact) mass is 218 g/mol. The van der Waals surface area contributed by atoms with Crippen molar-refractivity contribution in [1.29, 1.82) is 0 Å². The summed E-state index contributed by atoms with van der Waals surface area (Å²) in [5.74, 6) is -0.0264. The van der Waals surface area contributed by atoms with E-state index in [0.717, 1.165) is 18.4 Å². The van der Waals surface area contributed by atoms with Crippen molar-refractivity contribution in [3.8, 4) is 0 Å². The van der Waals surface area contributed by atoms with Crippen molar-refractivity contribution in [2.24, 2.45) is 5.73 Å². The van der Waals surface area contributed by atoms with Crippen molar-refractivity contribution in [1.82, 2.24) is 5.32 Å². The van der Waals surface area contributed by atoms with Crippen LogP contribution in [0.15, 0.2) is 24.3 Å². The van der Waals surface area contributed by atoms with Crippen LogP contribution in [0, 0.1) is 6.92 Å². The standard InChI is InChI=1S/C13H18N2O/c1-9-4-3-5-11(8-9)10(2)15-12(16)13(14)6-7-13/h3-5,8,10H,6-7,14H2,1-2H3,(H,15,16)/t10-/m0/s1. The molecule has 3 heteroatoms. The SMILES string of the molecule is Cc1cccc([C@H](C)NC(=O)C2(N)CC2)c1. The van der Waals surface area contributed by atoms with E-state index in [9.17, 15) is 4.79 Å². The van der Waals surface area contributed by atoms with E-state index in [1.54, 1.807) is 0 Å². The largest absolute Gasteiger partial charge is 0.348 e. The lowest BCUT2D eigenvalue weighted by molar-refractivity contribution is -0.123. The number of hydrogen-bond donors (Lipinski definition) is 2. The molecule has 2 rings (SSSR count). The Labute approximate surface area is 96.0 Å². The van der Waals surface area contributed by atoms with Crippen LogP contribution >= 0.6 is 0 Å². The minimum atomic E-state index is -0.585. The van der Waals surface area contributed by atoms with Crippen molar-refractivity contribution in [3.05, 3.63) is 35.4 Å². The van der Waals surface area contributed by atoms with Crippen LogP contribution in [0.3, 0.4) is 0 Å². The first kappa shape index (κ1) is 11.1. The van der Waals surface area contributed by atoms with Gasteiger partial charge in [0.25, 0.3) is 0 Å². The molecule has 0 aliphatic heterocycles. The molecular weight excluding hydrogens is 200 g/mol. The van der Waals surface area contributed by atoms with Gasteiger partial charge in [0.05, 0.1) is 11.6 Å². The van der Waals surface area contributed by atoms with Gasteiger partial charge in [0.1, 0.15) is 0 Å². The molecule has 1 atom stereocenters. The molecule has 16 heavy (non-hydrogen) atoms. The van der Waals surface area contributed by atoms with E-state index in [0.29, 0.717) is 0 Å². The highest BCUT2D eigenvalue weighted by atomic mass is 16.2. The Balaban J connectivity index is 2.03. The maximum absolute atomic E-state index is 11.8. The summed E-state index contributed by atoms with van der Waals surface area (Å²) in [6, 6.07) is 8.18. The molecule has 1 saturated carbocycles. The van der Waals surface area contributed by atoms with Crippen LogP contribution in [0.4, 0.5) is 0 Å². The van der Waals surface area contributed by atoms with Gasteiger partial charge in [-0.05, 0) is 32.3 Å². The summed E-state index contributed by atoms with van der Waals surface area (Å²) in [5, 5.41) is 2.96. The fourth-order valence-corrected chi connectivity index (χ4v) is 1.72. The van der Waals surface area contributed by atoms with Crippen molar-refractivity contribution < 1.29 is 4.79 Å². The van der Waals surface area contributed by atoms with Crippen molar-refractivity contribution >= 4 is 5.91 Å². The third-order valence-corrected chi connectivity index (χ3v) is 3.13. The molecule has 1 amide bonds. The van der Waals surface area contributed by atoms with Crippen LogP contribution in [0.25, 0.3) is 0 Å². The number of nitrogens with one attached hydrogen (secondary N) is 1. The number of benzene rings is 1. The summed E-state index contributed by atoms with van der Waals surface area (Å²) >= 11 is 0. The van der Waals surface area contributed by atoms with Gasteiger partial charge in [0.2, 0.25) is 5.91 Å². The molecule has 1 aliphatic carbocycles. The van der Waals surface area contributed by atoms with Gasteiger partial charge in [-0.2, -0.15) is 0 Å². The van der Waals surface area contributed by atoms with Crippen LogP contribution in [-0.2, 0) is 4.79 Å². The highest BCUT2D eigenvalue weighted by Crippen LogP contribution is 2.32. The number of hydrogen-bond acceptors (Lipinski definition) is 2. The van der Waals surface area contributed by atoms with Gasteiger partial charge in [-0.3, -0.25) is 4.79 Å². The van der Waals surface area contributed by atoms with E-state index in [-0.39, 0.29) is 11.9 Å². The van der Waals surface area contributed by atoms with Crippen LogP contribution in [-0.4, -0.2) is 11.4 Å². The summed E-state index contributed by atoms with van der Waals surface area (Å²) in [4.78, 5) is 11.8. The molecule has 0 spiro atoms. The molecule has 0 bridgehead atoms. The van der Waals surface area contributed by atoms with Gasteiger partial charge in [0, 0.05) is 0 Å². The predicted octanol–water partition coefficient (Wildman–Crippen LogP) is 1.66. The highest BCUT2D eigenvalue weighted by molar-refractivity contribution is 5.89. The Morgan fingerprint density at radius 3 is 2.75 bits per heavy atom. The predicted molar refractivity (Wildman–Crippen MR) is 63.9 cm³/mol. The van der Waals surface area contributed by atoms with Crippen molar-refractivity contribution in [2.45, 2.75) is 38.3 Å². The molecule has 3 nitrogen and oxygen atoms in total. The minimum absolute atomic E-state index is 0.0217. The Hall–Kier alpha value is -1.35. The summed E-state index contributed by atoms with van der Waals surface area (Å²) in [6.07, 6.45) is 1.61. The Kier molecular flexibility index (Phi) is 2.72. The molecule has 1 aromatic rings. The van der Waals surface area contributed by atoms with Crippen LogP contribution < -0.4 is 11.1 Å². The van der Waals surface area contributed by atoms with E-state index in [1.807, 2.05) is 32.0 Å². The third-order valence-electron chi connectivity index (χ3n) is 3.13. The summed E-state index contributed by atoms with van der Waals surface area (Å²) in [5.41, 5.74) is 7.57. The van der Waals surface area contributed by atoms with Gasteiger partial charge < -0.3 is 11.1 Å². The molecule has 0 heterocycles. The highest BCUT2D eigenvalue weighted by Gasteiger charge is 2.46. The van der Waals surface area contributed by atoms with E-state index in [4.69, 9.17) is 5.73 Å². The third kappa shape index (κ3) is 2.25. The molecule has 0 unspecified atom stereocenters. The second-order valence-corrected chi connectivity index (χ2v) is 4.77. The minimum Gasteiger partial charge on any atom is -0.348 e. The fraction of sp³-hybridized carbons (Fsp3) is 0.462. The lowest BCUT2D eigenvalue weighted by Gasteiger charge is -2.17. The second-order valence-electron chi connectivity index (χ2n) is 4.77. The average molecular weight is 218 g/mol. The van der Waals surface area contributed by atoms with Crippen LogP contribution in [0.1, 0.15) is 36.9 Å². The Morgan fingerprint density at radius 1 is 1.50 bits per heavy atom. The molecule has 1 aromatic carbocycles. The van der Waals surface area contributed by atoms with Gasteiger partial charge in [-0.1, -0.05) is 29.8 Å². The molecule has 0 saturated heterocycles. The van der Waals surface area contributed by atoms with Gasteiger partial charge in [-0.15, -0.1) is 0 Å². The smallest absolute Gasteiger partial charge is 0.240 e. The topological polar surface area (TPSA) is 55.1 Å². The normalized spacial score (nSPS) is 18.9. The van der Waals surface area contributed by atoms with E-state index in [1.165, 1.54) is 5.56 Å². The fourth-order valence-electron chi connectivity index (χ4n) is 1.72. The van der Waals surface area contributed by atoms with Gasteiger partial charge >= 0.3 is 0 Å². The number of aryl methyl sites for hydroxylation is 1. The van der Waals surface area contributed by atoms with Gasteiger partial charge in [-0.25, -0.2) is 0 Å². The summed E-state index contributed by atoms with van der Waals surface area (Å²) < 4.78 is 0. The first-order valence-electron chi connectivity index (χ1n) is 5.68. The zero-order valence-electron chi connectivity index (χ0n) is 9.79. The van der Waals surface area contributed by atoms with Crippen LogP contribution in [0.5, 0.6) is 0 Å². The first-order chi connectivity index (χ1) is 7.51.